The number of nitrogens with zero attached hydrogens (tertiary/aromatic N) is 1. The molecule has 3 aromatic rings. The lowest BCUT2D eigenvalue weighted by atomic mass is 10.2. The number of ether oxygens (including phenoxy) is 1. The van der Waals surface area contributed by atoms with Gasteiger partial charge >= 0.3 is 0 Å². The van der Waals surface area contributed by atoms with Crippen LogP contribution < -0.4 is 5.32 Å². The van der Waals surface area contributed by atoms with E-state index in [9.17, 15) is 4.79 Å². The van der Waals surface area contributed by atoms with Crippen molar-refractivity contribution in [2.45, 2.75) is 0 Å². The molecule has 0 aliphatic rings. The first-order chi connectivity index (χ1) is 12.6. The number of H-pyrrole nitrogens is 1. The van der Waals surface area contributed by atoms with Gasteiger partial charge in [0, 0.05) is 22.8 Å². The molecule has 0 bridgehead atoms. The quantitative estimate of drug-likeness (QED) is 0.365. The highest BCUT2D eigenvalue weighted by Crippen LogP contribution is 2.28. The summed E-state index contributed by atoms with van der Waals surface area (Å²) in [5.41, 5.74) is 1.72. The molecule has 2 aromatic heterocycles. The fraction of sp³-hybridized carbons (Fsp3) is 0.0526. The van der Waals surface area contributed by atoms with Crippen molar-refractivity contribution >= 4 is 51.9 Å². The molecule has 0 atom stereocenters. The van der Waals surface area contributed by atoms with Crippen LogP contribution in [-0.4, -0.2) is 23.0 Å². The molecule has 0 unspecified atom stereocenters. The molecule has 0 radical (unpaired) electrons. The second-order valence-corrected chi connectivity index (χ2v) is 6.16. The van der Waals surface area contributed by atoms with Crippen LogP contribution in [0.2, 0.25) is 10.0 Å². The lowest BCUT2D eigenvalue weighted by Crippen LogP contribution is -2.16. The predicted octanol–water partition coefficient (Wildman–Crippen LogP) is 5.05. The van der Waals surface area contributed by atoms with Crippen LogP contribution in [-0.2, 0) is 9.53 Å². The van der Waals surface area contributed by atoms with Gasteiger partial charge in [-0.25, -0.2) is 4.98 Å². The number of rotatable bonds is 5. The van der Waals surface area contributed by atoms with E-state index in [4.69, 9.17) is 27.9 Å². The van der Waals surface area contributed by atoms with E-state index in [-0.39, 0.29) is 11.7 Å². The van der Waals surface area contributed by atoms with Gasteiger partial charge in [-0.3, -0.25) is 4.79 Å². The number of fused-ring (bicyclic) bond motifs is 1. The Morgan fingerprint density at radius 1 is 1.23 bits per heavy atom. The summed E-state index contributed by atoms with van der Waals surface area (Å²) >= 11 is 12.0. The van der Waals surface area contributed by atoms with Crippen molar-refractivity contribution in [1.82, 2.24) is 9.97 Å². The Morgan fingerprint density at radius 3 is 2.77 bits per heavy atom. The van der Waals surface area contributed by atoms with Crippen LogP contribution in [0.4, 0.5) is 5.82 Å². The molecule has 2 heterocycles. The van der Waals surface area contributed by atoms with Crippen molar-refractivity contribution in [1.29, 1.82) is 0 Å². The molecule has 5 nitrogen and oxygen atoms in total. The average molecular weight is 388 g/mol. The van der Waals surface area contributed by atoms with Gasteiger partial charge in [-0.2, -0.15) is 0 Å². The molecule has 0 saturated heterocycles. The minimum absolute atomic E-state index is 0.161. The number of anilines is 1. The van der Waals surface area contributed by atoms with Crippen molar-refractivity contribution in [3.63, 3.8) is 0 Å². The monoisotopic (exact) mass is 387 g/mol. The highest BCUT2D eigenvalue weighted by molar-refractivity contribution is 6.42. The molecule has 7 heteroatoms. The summed E-state index contributed by atoms with van der Waals surface area (Å²) < 4.78 is 5.14. The number of aromatic nitrogens is 2. The van der Waals surface area contributed by atoms with E-state index in [1.54, 1.807) is 48.7 Å². The van der Waals surface area contributed by atoms with E-state index in [1.165, 1.54) is 7.11 Å². The number of carbonyl (C=O) groups is 1. The number of aromatic amines is 1. The maximum Gasteiger partial charge on any atom is 0.291 e. The van der Waals surface area contributed by atoms with Crippen molar-refractivity contribution < 1.29 is 9.53 Å². The Bertz CT molecular complexity index is 956. The number of benzene rings is 1. The van der Waals surface area contributed by atoms with Gasteiger partial charge in [-0.15, -0.1) is 0 Å². The van der Waals surface area contributed by atoms with Crippen LogP contribution in [0.3, 0.4) is 0 Å². The summed E-state index contributed by atoms with van der Waals surface area (Å²) in [4.78, 5) is 19.4. The van der Waals surface area contributed by atoms with Gasteiger partial charge in [0.25, 0.3) is 5.91 Å². The number of hydrogen-bond acceptors (Lipinski definition) is 3. The molecule has 0 saturated carbocycles. The largest absolute Gasteiger partial charge is 0.491 e. The van der Waals surface area contributed by atoms with Crippen LogP contribution >= 0.6 is 23.2 Å². The number of allylic oxidation sites excluding steroid dienone is 2. The Morgan fingerprint density at radius 2 is 2.04 bits per heavy atom. The minimum atomic E-state index is -0.383. The molecule has 0 fully saturated rings. The van der Waals surface area contributed by atoms with Crippen molar-refractivity contribution in [2.75, 3.05) is 12.4 Å². The van der Waals surface area contributed by atoms with E-state index in [0.717, 1.165) is 16.6 Å². The molecule has 132 valence electrons. The SMILES string of the molecule is CO/C(=C\C=C\c1cc2cc(Cl)c(Cl)cc2[nH]1)C(=O)Nc1ccccn1. The van der Waals surface area contributed by atoms with Crippen molar-refractivity contribution in [3.8, 4) is 0 Å². The lowest BCUT2D eigenvalue weighted by Gasteiger charge is -2.06. The fourth-order valence-electron chi connectivity index (χ4n) is 2.33. The Hall–Kier alpha value is -2.76. The molecule has 0 spiro atoms. The second-order valence-electron chi connectivity index (χ2n) is 5.34. The van der Waals surface area contributed by atoms with Gasteiger partial charge in [0.15, 0.2) is 5.76 Å². The first-order valence-corrected chi connectivity index (χ1v) is 8.45. The lowest BCUT2D eigenvalue weighted by molar-refractivity contribution is -0.115. The third-order valence-corrected chi connectivity index (χ3v) is 4.28. The zero-order valence-corrected chi connectivity index (χ0v) is 15.3. The van der Waals surface area contributed by atoms with E-state index in [0.29, 0.717) is 15.9 Å². The predicted molar refractivity (Wildman–Crippen MR) is 105 cm³/mol. The number of amides is 1. The van der Waals surface area contributed by atoms with Crippen LogP contribution in [0.15, 0.2) is 60.5 Å². The minimum Gasteiger partial charge on any atom is -0.491 e. The van der Waals surface area contributed by atoms with Gasteiger partial charge < -0.3 is 15.0 Å². The second kappa shape index (κ2) is 8.08. The fourth-order valence-corrected chi connectivity index (χ4v) is 2.66. The summed E-state index contributed by atoms with van der Waals surface area (Å²) in [6, 6.07) is 10.8. The van der Waals surface area contributed by atoms with Crippen LogP contribution in [0.5, 0.6) is 0 Å². The number of halogens is 2. The number of methoxy groups -OCH3 is 1. The van der Waals surface area contributed by atoms with Gasteiger partial charge in [-0.1, -0.05) is 35.3 Å². The summed E-state index contributed by atoms with van der Waals surface area (Å²) in [6.45, 7) is 0. The van der Waals surface area contributed by atoms with Gasteiger partial charge in [0.05, 0.1) is 17.2 Å². The first-order valence-electron chi connectivity index (χ1n) is 7.69. The molecule has 1 aromatic carbocycles. The molecule has 1 amide bonds. The number of nitrogens with one attached hydrogen (secondary N) is 2. The Balaban J connectivity index is 1.75. The molecule has 0 aliphatic carbocycles. The van der Waals surface area contributed by atoms with Gasteiger partial charge in [0.2, 0.25) is 0 Å². The maximum absolute atomic E-state index is 12.2. The molecular weight excluding hydrogens is 373 g/mol. The number of pyridine rings is 1. The molecule has 0 aliphatic heterocycles. The molecule has 26 heavy (non-hydrogen) atoms. The van der Waals surface area contributed by atoms with Gasteiger partial charge in [-0.05, 0) is 42.5 Å². The van der Waals surface area contributed by atoms with E-state index >= 15 is 0 Å². The van der Waals surface area contributed by atoms with E-state index in [2.05, 4.69) is 15.3 Å². The first kappa shape index (κ1) is 18.0. The molecule has 2 N–H and O–H groups in total. The third kappa shape index (κ3) is 4.25. The maximum atomic E-state index is 12.2. The van der Waals surface area contributed by atoms with Crippen LogP contribution in [0.1, 0.15) is 5.69 Å². The summed E-state index contributed by atoms with van der Waals surface area (Å²) in [7, 11) is 1.44. The smallest absolute Gasteiger partial charge is 0.291 e. The third-order valence-electron chi connectivity index (χ3n) is 3.56. The van der Waals surface area contributed by atoms with Crippen molar-refractivity contribution in [3.05, 3.63) is 76.2 Å². The van der Waals surface area contributed by atoms with E-state index < -0.39 is 0 Å². The summed E-state index contributed by atoms with van der Waals surface area (Å²) in [5, 5.41) is 4.60. The number of hydrogen-bond donors (Lipinski definition) is 2. The topological polar surface area (TPSA) is 67.0 Å². The summed E-state index contributed by atoms with van der Waals surface area (Å²) in [6.07, 6.45) is 6.70. The van der Waals surface area contributed by atoms with Crippen molar-refractivity contribution in [2.24, 2.45) is 0 Å². The summed E-state index contributed by atoms with van der Waals surface area (Å²) in [5.74, 6) is 0.231. The van der Waals surface area contributed by atoms with Crippen LogP contribution in [0, 0.1) is 0 Å². The zero-order valence-electron chi connectivity index (χ0n) is 13.8. The highest BCUT2D eigenvalue weighted by Gasteiger charge is 2.09. The van der Waals surface area contributed by atoms with Crippen LogP contribution in [0.25, 0.3) is 17.0 Å². The highest BCUT2D eigenvalue weighted by atomic mass is 35.5. The molecular formula is C19H15Cl2N3O2. The zero-order chi connectivity index (χ0) is 18.5. The molecule has 3 rings (SSSR count). The van der Waals surface area contributed by atoms with Gasteiger partial charge in [0.1, 0.15) is 5.82 Å². The average Bonchev–Trinajstić information content (AvgIpc) is 3.01. The van der Waals surface area contributed by atoms with E-state index in [1.807, 2.05) is 12.1 Å². The number of carbonyl (C=O) groups excluding carboxylic acids is 1. The Labute approximate surface area is 160 Å². The Kier molecular flexibility index (Phi) is 5.61. The standard InChI is InChI=1S/C19H15Cl2N3O2/c1-26-17(19(25)24-18-7-2-3-8-22-18)6-4-5-13-9-12-10-14(20)15(21)11-16(12)23-13/h2-11,23H,1H3,(H,22,24,25)/b5-4+,17-6-. The normalized spacial score (nSPS) is 11.9.